The highest BCUT2D eigenvalue weighted by atomic mass is 16.3. The number of rotatable bonds is 2. The topological polar surface area (TPSA) is 23.0 Å². The second-order valence-electron chi connectivity index (χ2n) is 13.7. The van der Waals surface area contributed by atoms with Crippen molar-refractivity contribution in [3.63, 3.8) is 0 Å². The number of para-hydroxylation sites is 3. The molecule has 0 spiro atoms. The molecule has 0 saturated carbocycles. The lowest BCUT2D eigenvalue weighted by molar-refractivity contribution is 0.664. The number of hydrogen-bond acceptors (Lipinski definition) is 1. The minimum absolute atomic E-state index is 0.182. The van der Waals surface area contributed by atoms with E-state index in [-0.39, 0.29) is 5.41 Å². The quantitative estimate of drug-likeness (QED) is 0.190. The lowest BCUT2D eigenvalue weighted by atomic mass is 9.81. The highest BCUT2D eigenvalue weighted by molar-refractivity contribution is 6.28. The lowest BCUT2D eigenvalue weighted by Gasteiger charge is -2.23. The van der Waals surface area contributed by atoms with E-state index in [4.69, 9.17) is 4.42 Å². The molecule has 226 valence electrons. The molecule has 1 aliphatic rings. The molecule has 0 bridgehead atoms. The Hall–Kier alpha value is -6.06. The molecule has 0 aliphatic heterocycles. The van der Waals surface area contributed by atoms with Gasteiger partial charge < -0.3 is 13.6 Å². The van der Waals surface area contributed by atoms with Gasteiger partial charge in [0, 0.05) is 49.1 Å². The van der Waals surface area contributed by atoms with E-state index in [1.165, 1.54) is 71.3 Å². The zero-order chi connectivity index (χ0) is 31.7. The molecule has 0 radical (unpaired) electrons. The molecule has 3 heterocycles. The zero-order valence-electron chi connectivity index (χ0n) is 26.7. The average molecular weight is 615 g/mol. The minimum atomic E-state index is -0.182. The summed E-state index contributed by atoms with van der Waals surface area (Å²) in [6, 6.07) is 53.0. The molecule has 0 unspecified atom stereocenters. The van der Waals surface area contributed by atoms with Gasteiger partial charge in [-0.1, -0.05) is 111 Å². The van der Waals surface area contributed by atoms with Crippen LogP contribution in [0.3, 0.4) is 0 Å². The highest BCUT2D eigenvalue weighted by Crippen LogP contribution is 2.54. The predicted molar refractivity (Wildman–Crippen MR) is 200 cm³/mol. The Morgan fingerprint density at radius 2 is 1.19 bits per heavy atom. The monoisotopic (exact) mass is 614 g/mol. The third-order valence-corrected chi connectivity index (χ3v) is 10.9. The van der Waals surface area contributed by atoms with E-state index >= 15 is 0 Å². The van der Waals surface area contributed by atoms with E-state index in [1.54, 1.807) is 0 Å². The summed E-state index contributed by atoms with van der Waals surface area (Å²) in [7, 11) is 0. The highest BCUT2D eigenvalue weighted by Gasteiger charge is 2.38. The molecule has 0 N–H and O–H groups in total. The molecule has 11 rings (SSSR count). The van der Waals surface area contributed by atoms with Crippen LogP contribution < -0.4 is 0 Å². The minimum Gasteiger partial charge on any atom is -0.456 e. The molecule has 0 fully saturated rings. The van der Waals surface area contributed by atoms with Crippen molar-refractivity contribution in [2.24, 2.45) is 0 Å². The van der Waals surface area contributed by atoms with Gasteiger partial charge in [0.25, 0.3) is 0 Å². The molecule has 3 aromatic heterocycles. The Bertz CT molecular complexity index is 2970. The fraction of sp³-hybridized carbons (Fsp3) is 0.0667. The Kier molecular flexibility index (Phi) is 4.91. The molecule has 3 heteroatoms. The first-order chi connectivity index (χ1) is 23.6. The molecular formula is C45H30N2O. The van der Waals surface area contributed by atoms with Gasteiger partial charge >= 0.3 is 0 Å². The van der Waals surface area contributed by atoms with Gasteiger partial charge in [0.1, 0.15) is 11.2 Å². The van der Waals surface area contributed by atoms with Crippen LogP contribution in [-0.2, 0) is 5.41 Å². The van der Waals surface area contributed by atoms with Crippen LogP contribution in [0.25, 0.3) is 88.1 Å². The molecular weight excluding hydrogens is 585 g/mol. The molecule has 7 aromatic carbocycles. The van der Waals surface area contributed by atoms with Crippen LogP contribution in [0.5, 0.6) is 0 Å². The van der Waals surface area contributed by atoms with E-state index in [1.807, 2.05) is 0 Å². The molecule has 0 saturated heterocycles. The Morgan fingerprint density at radius 3 is 2.08 bits per heavy atom. The molecule has 0 amide bonds. The second kappa shape index (κ2) is 9.05. The fourth-order valence-corrected chi connectivity index (χ4v) is 8.89. The van der Waals surface area contributed by atoms with Gasteiger partial charge in [-0.25, -0.2) is 0 Å². The SMILES string of the molecule is CC1(C)c2ccccc2-c2ccc3c4c5c(ccc4n(-c4ccc6c7ccccc7n(-c7ccccc7)c6c4)c3c21)oc1ccccc15. The number of furan rings is 1. The van der Waals surface area contributed by atoms with Crippen molar-refractivity contribution in [3.8, 4) is 22.5 Å². The van der Waals surface area contributed by atoms with Crippen molar-refractivity contribution in [1.29, 1.82) is 0 Å². The van der Waals surface area contributed by atoms with Gasteiger partial charge in [-0.3, -0.25) is 0 Å². The fourth-order valence-electron chi connectivity index (χ4n) is 8.89. The predicted octanol–water partition coefficient (Wildman–Crippen LogP) is 12.1. The summed E-state index contributed by atoms with van der Waals surface area (Å²) in [4.78, 5) is 0. The molecule has 48 heavy (non-hydrogen) atoms. The number of hydrogen-bond donors (Lipinski definition) is 0. The number of fused-ring (bicyclic) bond motifs is 14. The Labute approximate surface area is 276 Å². The summed E-state index contributed by atoms with van der Waals surface area (Å²) in [5.74, 6) is 0. The summed E-state index contributed by atoms with van der Waals surface area (Å²) < 4.78 is 11.4. The van der Waals surface area contributed by atoms with E-state index in [0.29, 0.717) is 0 Å². The van der Waals surface area contributed by atoms with Gasteiger partial charge in [0.15, 0.2) is 0 Å². The van der Waals surface area contributed by atoms with Crippen molar-refractivity contribution in [2.45, 2.75) is 19.3 Å². The largest absolute Gasteiger partial charge is 0.456 e. The van der Waals surface area contributed by atoms with Gasteiger partial charge in [0.2, 0.25) is 0 Å². The number of benzene rings is 7. The molecule has 0 atom stereocenters. The van der Waals surface area contributed by atoms with Crippen molar-refractivity contribution in [1.82, 2.24) is 9.13 Å². The summed E-state index contributed by atoms with van der Waals surface area (Å²) in [5.41, 5.74) is 14.2. The first-order valence-corrected chi connectivity index (χ1v) is 16.7. The Morgan fingerprint density at radius 1 is 0.458 bits per heavy atom. The maximum Gasteiger partial charge on any atom is 0.136 e. The van der Waals surface area contributed by atoms with Gasteiger partial charge in [-0.15, -0.1) is 0 Å². The summed E-state index contributed by atoms with van der Waals surface area (Å²) >= 11 is 0. The molecule has 1 aliphatic carbocycles. The third kappa shape index (κ3) is 3.18. The zero-order valence-corrected chi connectivity index (χ0v) is 26.7. The van der Waals surface area contributed by atoms with Crippen molar-refractivity contribution >= 4 is 65.6 Å². The number of aromatic nitrogens is 2. The van der Waals surface area contributed by atoms with Crippen LogP contribution in [0, 0.1) is 0 Å². The van der Waals surface area contributed by atoms with E-state index in [9.17, 15) is 0 Å². The van der Waals surface area contributed by atoms with Gasteiger partial charge in [-0.05, 0) is 70.8 Å². The summed E-state index contributed by atoms with van der Waals surface area (Å²) in [6.45, 7) is 4.77. The van der Waals surface area contributed by atoms with Gasteiger partial charge in [-0.2, -0.15) is 0 Å². The molecule has 3 nitrogen and oxygen atoms in total. The van der Waals surface area contributed by atoms with Crippen LogP contribution in [0.1, 0.15) is 25.0 Å². The second-order valence-corrected chi connectivity index (χ2v) is 13.7. The first-order valence-electron chi connectivity index (χ1n) is 16.7. The summed E-state index contributed by atoms with van der Waals surface area (Å²) in [5, 5.41) is 7.34. The average Bonchev–Trinajstić information content (AvgIpc) is 3.83. The maximum atomic E-state index is 6.45. The first kappa shape index (κ1) is 26.1. The van der Waals surface area contributed by atoms with E-state index in [2.05, 4.69) is 169 Å². The third-order valence-electron chi connectivity index (χ3n) is 10.9. The van der Waals surface area contributed by atoms with Crippen LogP contribution in [-0.4, -0.2) is 9.13 Å². The van der Waals surface area contributed by atoms with Crippen LogP contribution in [0.4, 0.5) is 0 Å². The van der Waals surface area contributed by atoms with Crippen molar-refractivity contribution in [2.75, 3.05) is 0 Å². The van der Waals surface area contributed by atoms with Gasteiger partial charge in [0.05, 0.1) is 22.1 Å². The van der Waals surface area contributed by atoms with Crippen LogP contribution in [0.2, 0.25) is 0 Å². The lowest BCUT2D eigenvalue weighted by Crippen LogP contribution is -2.16. The number of nitrogens with zero attached hydrogens (tertiary/aromatic N) is 2. The Balaban J connectivity index is 1.34. The van der Waals surface area contributed by atoms with Crippen molar-refractivity contribution in [3.05, 3.63) is 157 Å². The smallest absolute Gasteiger partial charge is 0.136 e. The summed E-state index contributed by atoms with van der Waals surface area (Å²) in [6.07, 6.45) is 0. The standard InChI is InChI=1S/C45H30N2O/c1-45(2)35-17-9-6-14-29(35)32-22-23-34-41-37(24-25-40-42(41)33-16-8-11-19-39(33)48-40)47(44(34)43(32)45)28-20-21-31-30-15-7-10-18-36(30)46(38(31)26-28)27-12-4-3-5-13-27/h3-26H,1-2H3. The maximum absolute atomic E-state index is 6.45. The van der Waals surface area contributed by atoms with Crippen LogP contribution >= 0.6 is 0 Å². The van der Waals surface area contributed by atoms with Crippen molar-refractivity contribution < 1.29 is 4.42 Å². The van der Waals surface area contributed by atoms with Crippen LogP contribution in [0.15, 0.2) is 150 Å². The van der Waals surface area contributed by atoms with E-state index < -0.39 is 0 Å². The van der Waals surface area contributed by atoms with E-state index in [0.717, 1.165) is 27.9 Å². The normalized spacial score (nSPS) is 13.8. The molecule has 10 aromatic rings.